The van der Waals surface area contributed by atoms with Gasteiger partial charge in [-0.3, -0.25) is 4.90 Å². The van der Waals surface area contributed by atoms with Gasteiger partial charge in [-0.2, -0.15) is 0 Å². The molecular formula is C47H47N3O5. The van der Waals surface area contributed by atoms with Crippen molar-refractivity contribution < 1.29 is 24.1 Å². The quantitative estimate of drug-likeness (QED) is 0.110. The minimum absolute atomic E-state index is 0.00269. The Labute approximate surface area is 323 Å². The van der Waals surface area contributed by atoms with Crippen molar-refractivity contribution in [3.8, 4) is 22.6 Å². The number of hydrogen-bond donors (Lipinski definition) is 3. The van der Waals surface area contributed by atoms with Gasteiger partial charge in [-0.25, -0.2) is 4.79 Å². The molecule has 1 heterocycles. The number of nitrogens with zero attached hydrogens (tertiary/aromatic N) is 1. The van der Waals surface area contributed by atoms with Gasteiger partial charge in [-0.1, -0.05) is 122 Å². The predicted molar refractivity (Wildman–Crippen MR) is 216 cm³/mol. The van der Waals surface area contributed by atoms with Crippen LogP contribution < -0.4 is 15.4 Å². The molecule has 0 radical (unpaired) electrons. The van der Waals surface area contributed by atoms with E-state index in [4.69, 9.17) is 14.2 Å². The molecule has 1 aliphatic rings. The van der Waals surface area contributed by atoms with Gasteiger partial charge in [0.25, 0.3) is 0 Å². The van der Waals surface area contributed by atoms with Gasteiger partial charge in [0.1, 0.15) is 11.5 Å². The summed E-state index contributed by atoms with van der Waals surface area (Å²) in [6.07, 6.45) is -0.815. The Kier molecular flexibility index (Phi) is 12.3. The summed E-state index contributed by atoms with van der Waals surface area (Å²) < 4.78 is 19.3. The van der Waals surface area contributed by atoms with E-state index in [1.165, 1.54) is 5.56 Å². The van der Waals surface area contributed by atoms with Crippen LogP contribution in [0.2, 0.25) is 0 Å². The van der Waals surface area contributed by atoms with E-state index in [0.717, 1.165) is 52.2 Å². The van der Waals surface area contributed by atoms with Crippen LogP contribution in [0.15, 0.2) is 158 Å². The molecular weight excluding hydrogens is 687 g/mol. The second-order valence-corrected chi connectivity index (χ2v) is 14.1. The number of hydrogen-bond acceptors (Lipinski definition) is 6. The zero-order chi connectivity index (χ0) is 38.0. The van der Waals surface area contributed by atoms with E-state index in [1.54, 1.807) is 0 Å². The van der Waals surface area contributed by atoms with Gasteiger partial charge < -0.3 is 30.0 Å². The third-order valence-corrected chi connectivity index (χ3v) is 9.90. The van der Waals surface area contributed by atoms with Crippen LogP contribution in [0.4, 0.5) is 10.5 Å². The minimum atomic E-state index is -0.551. The van der Waals surface area contributed by atoms with Gasteiger partial charge >= 0.3 is 6.03 Å². The molecule has 3 N–H and O–H groups in total. The highest BCUT2D eigenvalue weighted by Gasteiger charge is 2.38. The maximum absolute atomic E-state index is 12.7. The van der Waals surface area contributed by atoms with Crippen LogP contribution in [-0.4, -0.2) is 35.7 Å². The van der Waals surface area contributed by atoms with Gasteiger partial charge in [0, 0.05) is 36.8 Å². The number of urea groups is 1. The molecule has 280 valence electrons. The zero-order valence-corrected chi connectivity index (χ0v) is 31.2. The molecule has 0 saturated carbocycles. The summed E-state index contributed by atoms with van der Waals surface area (Å²) in [6, 6.07) is 51.5. The molecule has 7 rings (SSSR count). The lowest BCUT2D eigenvalue weighted by atomic mass is 9.90. The Balaban J connectivity index is 0.988. The highest BCUT2D eigenvalue weighted by atomic mass is 16.7. The Morgan fingerprint density at radius 3 is 2.05 bits per heavy atom. The zero-order valence-electron chi connectivity index (χ0n) is 31.2. The third-order valence-electron chi connectivity index (χ3n) is 9.90. The minimum Gasteiger partial charge on any atom is -0.457 e. The van der Waals surface area contributed by atoms with E-state index in [2.05, 4.69) is 90.2 Å². The normalized spacial score (nSPS) is 18.1. The molecule has 1 fully saturated rings. The first-order valence-electron chi connectivity index (χ1n) is 18.7. The molecule has 8 heteroatoms. The number of amides is 2. The summed E-state index contributed by atoms with van der Waals surface area (Å²) >= 11 is 0. The first-order chi connectivity index (χ1) is 26.9. The van der Waals surface area contributed by atoms with Crippen LogP contribution in [0.3, 0.4) is 0 Å². The number of aliphatic hydroxyl groups is 1. The van der Waals surface area contributed by atoms with Crippen molar-refractivity contribution in [1.29, 1.82) is 0 Å². The summed E-state index contributed by atoms with van der Waals surface area (Å²) in [5, 5.41) is 15.5. The fourth-order valence-electron chi connectivity index (χ4n) is 6.88. The van der Waals surface area contributed by atoms with Gasteiger partial charge in [0.2, 0.25) is 0 Å². The Morgan fingerprint density at radius 2 is 1.35 bits per heavy atom. The van der Waals surface area contributed by atoms with E-state index in [9.17, 15) is 9.90 Å². The molecule has 55 heavy (non-hydrogen) atoms. The van der Waals surface area contributed by atoms with Crippen LogP contribution in [-0.2, 0) is 29.2 Å². The summed E-state index contributed by atoms with van der Waals surface area (Å²) in [4.78, 5) is 15.0. The van der Waals surface area contributed by atoms with Gasteiger partial charge in [-0.15, -0.1) is 0 Å². The summed E-state index contributed by atoms with van der Waals surface area (Å²) in [7, 11) is 2.13. The second-order valence-electron chi connectivity index (χ2n) is 14.1. The van der Waals surface area contributed by atoms with E-state index in [-0.39, 0.29) is 30.8 Å². The van der Waals surface area contributed by atoms with Crippen LogP contribution in [0.25, 0.3) is 11.1 Å². The van der Waals surface area contributed by atoms with Crippen molar-refractivity contribution >= 4 is 11.7 Å². The molecule has 6 aromatic carbocycles. The van der Waals surface area contributed by atoms with Gasteiger partial charge in [0.15, 0.2) is 6.29 Å². The van der Waals surface area contributed by atoms with Gasteiger partial charge in [-0.05, 0) is 82.9 Å². The van der Waals surface area contributed by atoms with Crippen LogP contribution in [0, 0.1) is 5.92 Å². The molecule has 0 bridgehead atoms. The van der Waals surface area contributed by atoms with Gasteiger partial charge in [0.05, 0.1) is 18.8 Å². The predicted octanol–water partition coefficient (Wildman–Crippen LogP) is 9.88. The molecule has 4 unspecified atom stereocenters. The van der Waals surface area contributed by atoms with Crippen LogP contribution >= 0.6 is 0 Å². The fraction of sp³-hybridized carbons (Fsp3) is 0.213. The molecule has 0 aliphatic carbocycles. The average Bonchev–Trinajstić information content (AvgIpc) is 3.22. The molecule has 1 saturated heterocycles. The number of anilines is 1. The molecule has 2 amide bonds. The second kappa shape index (κ2) is 18.0. The number of nitrogens with one attached hydrogen (secondary N) is 2. The summed E-state index contributed by atoms with van der Waals surface area (Å²) in [5.74, 6) is 1.53. The number of likely N-dealkylation sites (N-methyl/N-ethyl adjacent to an activating group) is 1. The van der Waals surface area contributed by atoms with Crippen molar-refractivity contribution in [2.24, 2.45) is 5.92 Å². The summed E-state index contributed by atoms with van der Waals surface area (Å²) in [6.45, 7) is 4.13. The topological polar surface area (TPSA) is 92.3 Å². The number of carbonyl (C=O) groups is 1. The van der Waals surface area contributed by atoms with Crippen LogP contribution in [0.1, 0.15) is 47.1 Å². The van der Waals surface area contributed by atoms with Crippen molar-refractivity contribution in [2.45, 2.75) is 45.1 Å². The number of rotatable bonds is 13. The fourth-order valence-corrected chi connectivity index (χ4v) is 6.88. The van der Waals surface area contributed by atoms with Crippen molar-refractivity contribution in [1.82, 2.24) is 10.2 Å². The van der Waals surface area contributed by atoms with E-state index < -0.39 is 6.29 Å². The number of ether oxygens (including phenoxy) is 3. The maximum Gasteiger partial charge on any atom is 0.319 e. The number of benzene rings is 6. The molecule has 4 atom stereocenters. The molecule has 0 spiro atoms. The monoisotopic (exact) mass is 733 g/mol. The molecule has 1 aliphatic heterocycles. The number of para-hydroxylation sites is 1. The van der Waals surface area contributed by atoms with Crippen molar-refractivity contribution in [2.75, 3.05) is 18.9 Å². The number of carbonyl (C=O) groups excluding carboxylic acids is 1. The highest BCUT2D eigenvalue weighted by Crippen LogP contribution is 2.42. The Hall–Kier alpha value is -5.77. The average molecular weight is 734 g/mol. The van der Waals surface area contributed by atoms with Crippen molar-refractivity contribution in [3.05, 3.63) is 186 Å². The first-order valence-corrected chi connectivity index (χ1v) is 18.7. The molecule has 6 aromatic rings. The molecule has 8 nitrogen and oxygen atoms in total. The Morgan fingerprint density at radius 1 is 0.691 bits per heavy atom. The standard InChI is InChI=1S/C47H47N3O5/c1-33-44(31-50(2)30-34-10-5-3-6-11-34)54-46(55-45(33)38-18-16-35(32-51)17-19-38)39-22-20-37(21-23-39)40-13-9-12-36(28-40)29-48-47(52)49-41-24-26-43(27-25-41)53-42-14-7-4-8-15-42/h3-28,33,44-46,51H,29-32H2,1-2H3,(H2,48,49,52). The maximum atomic E-state index is 12.7. The lowest BCUT2D eigenvalue weighted by molar-refractivity contribution is -0.276. The Bertz CT molecular complexity index is 2110. The summed E-state index contributed by atoms with van der Waals surface area (Å²) in [5.41, 5.74) is 7.88. The van der Waals surface area contributed by atoms with Crippen molar-refractivity contribution in [3.63, 3.8) is 0 Å². The van der Waals surface area contributed by atoms with E-state index in [1.807, 2.05) is 97.1 Å². The largest absolute Gasteiger partial charge is 0.457 e. The lowest BCUT2D eigenvalue weighted by Gasteiger charge is -2.42. The number of aliphatic hydroxyl groups excluding tert-OH is 1. The smallest absolute Gasteiger partial charge is 0.319 e. The SMILES string of the molecule is CC1C(CN(C)Cc2ccccc2)OC(c2ccc(-c3cccc(CNC(=O)Nc4ccc(Oc5ccccc5)cc4)c3)cc2)OC1c1ccc(CO)cc1. The van der Waals surface area contributed by atoms with Crippen LogP contribution in [0.5, 0.6) is 11.5 Å². The highest BCUT2D eigenvalue weighted by molar-refractivity contribution is 5.89. The van der Waals surface area contributed by atoms with E-state index >= 15 is 0 Å². The lowest BCUT2D eigenvalue weighted by Crippen LogP contribution is -2.43. The molecule has 0 aromatic heterocycles. The first kappa shape index (κ1) is 37.5. The van der Waals surface area contributed by atoms with E-state index in [0.29, 0.717) is 18.0 Å². The third kappa shape index (κ3) is 10.1.